The van der Waals surface area contributed by atoms with Crippen molar-refractivity contribution in [3.8, 4) is 5.75 Å². The molecule has 0 saturated heterocycles. The van der Waals surface area contributed by atoms with Crippen LogP contribution in [0.25, 0.3) is 0 Å². The predicted octanol–water partition coefficient (Wildman–Crippen LogP) is 4.81. The molecule has 0 fully saturated rings. The lowest BCUT2D eigenvalue weighted by molar-refractivity contribution is -0.115. The molecule has 7 heteroatoms. The highest BCUT2D eigenvalue weighted by Gasteiger charge is 2.16. The molecule has 1 amide bonds. The van der Waals surface area contributed by atoms with Crippen molar-refractivity contribution in [1.29, 1.82) is 0 Å². The molecule has 1 atom stereocenters. The van der Waals surface area contributed by atoms with Crippen LogP contribution in [-0.2, 0) is 4.79 Å². The molecule has 31 heavy (non-hydrogen) atoms. The topological polar surface area (TPSA) is 67.4 Å². The molecule has 1 unspecified atom stereocenters. The van der Waals surface area contributed by atoms with Crippen molar-refractivity contribution in [2.24, 2.45) is 0 Å². The molecule has 3 aromatic rings. The molecule has 3 aromatic carbocycles. The number of alkyl halides is 2. The largest absolute Gasteiger partial charge is 0.435 e. The van der Waals surface area contributed by atoms with Crippen molar-refractivity contribution < 1.29 is 23.1 Å². The third kappa shape index (κ3) is 6.45. The molecule has 3 rings (SSSR count). The van der Waals surface area contributed by atoms with Gasteiger partial charge in [0, 0.05) is 11.3 Å². The van der Waals surface area contributed by atoms with Gasteiger partial charge in [0.1, 0.15) is 5.75 Å². The van der Waals surface area contributed by atoms with Gasteiger partial charge in [-0.15, -0.1) is 0 Å². The van der Waals surface area contributed by atoms with Gasteiger partial charge in [-0.05, 0) is 42.3 Å². The second kappa shape index (κ2) is 10.4. The number of benzene rings is 3. The Labute approximate surface area is 179 Å². The van der Waals surface area contributed by atoms with E-state index < -0.39 is 6.61 Å². The minimum absolute atomic E-state index is 0.000848. The highest BCUT2D eigenvalue weighted by Crippen LogP contribution is 2.24. The molecule has 2 N–H and O–H groups in total. The van der Waals surface area contributed by atoms with Gasteiger partial charge in [-0.25, -0.2) is 0 Å². The molecule has 0 aromatic heterocycles. The second-order valence-corrected chi connectivity index (χ2v) is 6.86. The van der Waals surface area contributed by atoms with E-state index in [4.69, 9.17) is 0 Å². The average Bonchev–Trinajstić information content (AvgIpc) is 2.75. The lowest BCUT2D eigenvalue weighted by Gasteiger charge is -2.20. The highest BCUT2D eigenvalue weighted by molar-refractivity contribution is 5.97. The summed E-state index contributed by atoms with van der Waals surface area (Å²) in [7, 11) is 0. The van der Waals surface area contributed by atoms with E-state index >= 15 is 0 Å². The van der Waals surface area contributed by atoms with E-state index in [0.717, 1.165) is 11.1 Å². The van der Waals surface area contributed by atoms with E-state index in [-0.39, 0.29) is 30.0 Å². The summed E-state index contributed by atoms with van der Waals surface area (Å²) in [6.07, 6.45) is 0. The number of amides is 1. The second-order valence-electron chi connectivity index (χ2n) is 6.86. The quantitative estimate of drug-likeness (QED) is 0.484. The lowest BCUT2D eigenvalue weighted by atomic mass is 9.98. The summed E-state index contributed by atoms with van der Waals surface area (Å²) in [4.78, 5) is 24.0. The number of ether oxygens (including phenoxy) is 1. The Bertz CT molecular complexity index is 1020. The number of nitrogens with one attached hydrogen (secondary N) is 2. The van der Waals surface area contributed by atoms with Crippen molar-refractivity contribution in [1.82, 2.24) is 5.32 Å². The minimum Gasteiger partial charge on any atom is -0.435 e. The summed E-state index contributed by atoms with van der Waals surface area (Å²) in [5, 5.41) is 5.97. The summed E-state index contributed by atoms with van der Waals surface area (Å²) in [5.74, 6) is -0.300. The van der Waals surface area contributed by atoms with Gasteiger partial charge in [0.2, 0.25) is 5.91 Å². The zero-order chi connectivity index (χ0) is 22.2. The monoisotopic (exact) mass is 424 g/mol. The van der Waals surface area contributed by atoms with Gasteiger partial charge in [-0.3, -0.25) is 14.9 Å². The van der Waals surface area contributed by atoms with Gasteiger partial charge < -0.3 is 10.1 Å². The van der Waals surface area contributed by atoms with Gasteiger partial charge in [0.15, 0.2) is 5.78 Å². The van der Waals surface area contributed by atoms with Crippen LogP contribution in [0, 0.1) is 0 Å². The maximum atomic E-state index is 12.5. The van der Waals surface area contributed by atoms with Crippen molar-refractivity contribution in [3.05, 3.63) is 95.6 Å². The molecular formula is C24H22F2N2O3. The number of carbonyl (C=O) groups is 2. The average molecular weight is 424 g/mol. The Morgan fingerprint density at radius 3 is 2.23 bits per heavy atom. The van der Waals surface area contributed by atoms with Crippen molar-refractivity contribution in [3.63, 3.8) is 0 Å². The standard InChI is InChI=1S/C24H22F2N2O3/c1-16(29)19-8-5-9-20(14-19)28-22(30)15-27-23(17-6-3-2-4-7-17)18-10-12-21(13-11-18)31-24(25)26/h2-14,23-24,27H,15H2,1H3,(H,28,30). The van der Waals surface area contributed by atoms with Gasteiger partial charge >= 0.3 is 6.61 Å². The number of hydrogen-bond donors (Lipinski definition) is 2. The Hall–Kier alpha value is -3.58. The highest BCUT2D eigenvalue weighted by atomic mass is 19.3. The molecule has 0 aliphatic heterocycles. The first-order valence-corrected chi connectivity index (χ1v) is 9.66. The van der Waals surface area contributed by atoms with Crippen LogP contribution in [-0.4, -0.2) is 24.8 Å². The molecule has 0 heterocycles. The summed E-state index contributed by atoms with van der Waals surface area (Å²) >= 11 is 0. The molecule has 0 aliphatic rings. The molecule has 0 aliphatic carbocycles. The number of carbonyl (C=O) groups excluding carboxylic acids is 2. The van der Waals surface area contributed by atoms with Crippen LogP contribution in [0.3, 0.4) is 0 Å². The van der Waals surface area contributed by atoms with Crippen molar-refractivity contribution in [2.45, 2.75) is 19.6 Å². The number of Topliss-reactive ketones (excluding diaryl/α,β-unsaturated/α-hetero) is 1. The Morgan fingerprint density at radius 1 is 0.903 bits per heavy atom. The van der Waals surface area contributed by atoms with E-state index in [9.17, 15) is 18.4 Å². The first kappa shape index (κ1) is 22.1. The molecule has 0 bridgehead atoms. The molecule has 160 valence electrons. The number of hydrogen-bond acceptors (Lipinski definition) is 4. The summed E-state index contributed by atoms with van der Waals surface area (Å²) in [6, 6.07) is 22.1. The first-order valence-electron chi connectivity index (χ1n) is 9.66. The van der Waals surface area contributed by atoms with Crippen molar-refractivity contribution in [2.75, 3.05) is 11.9 Å². The number of halogens is 2. The first-order chi connectivity index (χ1) is 14.9. The Kier molecular flexibility index (Phi) is 7.45. The predicted molar refractivity (Wildman–Crippen MR) is 114 cm³/mol. The maximum Gasteiger partial charge on any atom is 0.387 e. The minimum atomic E-state index is -2.89. The van der Waals surface area contributed by atoms with Gasteiger partial charge in [0.05, 0.1) is 12.6 Å². The summed E-state index contributed by atoms with van der Waals surface area (Å²) in [5.41, 5.74) is 2.75. The zero-order valence-corrected chi connectivity index (χ0v) is 16.8. The van der Waals surface area contributed by atoms with Crippen LogP contribution < -0.4 is 15.4 Å². The summed E-state index contributed by atoms with van der Waals surface area (Å²) in [6.45, 7) is -1.43. The van der Waals surface area contributed by atoms with Gasteiger partial charge in [0.25, 0.3) is 0 Å². The molecule has 0 spiro atoms. The summed E-state index contributed by atoms with van der Waals surface area (Å²) < 4.78 is 29.2. The maximum absolute atomic E-state index is 12.5. The lowest BCUT2D eigenvalue weighted by Crippen LogP contribution is -2.32. The normalized spacial score (nSPS) is 11.7. The van der Waals surface area contributed by atoms with E-state index in [1.165, 1.54) is 19.1 Å². The fraction of sp³-hybridized carbons (Fsp3) is 0.167. The Balaban J connectivity index is 1.71. The molecular weight excluding hydrogens is 402 g/mol. The number of rotatable bonds is 9. The zero-order valence-electron chi connectivity index (χ0n) is 16.8. The van der Waals surface area contributed by atoms with Gasteiger partial charge in [-0.2, -0.15) is 8.78 Å². The van der Waals surface area contributed by atoms with Crippen LogP contribution in [0.15, 0.2) is 78.9 Å². The van der Waals surface area contributed by atoms with E-state index in [1.807, 2.05) is 30.3 Å². The third-order valence-electron chi connectivity index (χ3n) is 4.59. The van der Waals surface area contributed by atoms with Crippen LogP contribution in [0.4, 0.5) is 14.5 Å². The van der Waals surface area contributed by atoms with Crippen LogP contribution in [0.5, 0.6) is 5.75 Å². The van der Waals surface area contributed by atoms with Crippen LogP contribution in [0.1, 0.15) is 34.5 Å². The Morgan fingerprint density at radius 2 is 1.58 bits per heavy atom. The van der Waals surface area contributed by atoms with Crippen LogP contribution in [0.2, 0.25) is 0 Å². The SMILES string of the molecule is CC(=O)c1cccc(NC(=O)CNC(c2ccccc2)c2ccc(OC(F)F)cc2)c1. The van der Waals surface area contributed by atoms with Crippen LogP contribution >= 0.6 is 0 Å². The smallest absolute Gasteiger partial charge is 0.387 e. The fourth-order valence-electron chi connectivity index (χ4n) is 3.13. The van der Waals surface area contributed by atoms with Crippen molar-refractivity contribution >= 4 is 17.4 Å². The molecule has 0 radical (unpaired) electrons. The van der Waals surface area contributed by atoms with E-state index in [0.29, 0.717) is 11.3 Å². The molecule has 0 saturated carbocycles. The van der Waals surface area contributed by atoms with E-state index in [2.05, 4.69) is 15.4 Å². The van der Waals surface area contributed by atoms with E-state index in [1.54, 1.807) is 36.4 Å². The molecule has 5 nitrogen and oxygen atoms in total. The third-order valence-corrected chi connectivity index (χ3v) is 4.59. The fourth-order valence-corrected chi connectivity index (χ4v) is 3.13. The number of ketones is 1. The van der Waals surface area contributed by atoms with Gasteiger partial charge in [-0.1, -0.05) is 54.6 Å². The number of anilines is 1.